The third-order valence-electron chi connectivity index (χ3n) is 5.40. The van der Waals surface area contributed by atoms with Crippen molar-refractivity contribution in [2.24, 2.45) is 0 Å². The molecule has 4 atom stereocenters. The second-order valence-electron chi connectivity index (χ2n) is 7.69. The minimum absolute atomic E-state index is 0.181. The molecule has 0 aliphatic carbocycles. The Hall–Kier alpha value is -2.91. The number of carbonyl (C=O) groups is 3. The van der Waals surface area contributed by atoms with Crippen LogP contribution >= 0.6 is 0 Å². The van der Waals surface area contributed by atoms with Crippen LogP contribution in [0, 0.1) is 0 Å². The molecule has 9 nitrogen and oxygen atoms in total. The van der Waals surface area contributed by atoms with Crippen LogP contribution in [0.3, 0.4) is 0 Å². The summed E-state index contributed by atoms with van der Waals surface area (Å²) in [4.78, 5) is 40.2. The van der Waals surface area contributed by atoms with Crippen molar-refractivity contribution in [3.8, 4) is 0 Å². The first-order valence-electron chi connectivity index (χ1n) is 10.2. The summed E-state index contributed by atoms with van der Waals surface area (Å²) in [6.45, 7) is 2.03. The fraction of sp³-hybridized carbons (Fsp3) is 0.476. The molecule has 1 fully saturated rings. The summed E-state index contributed by atoms with van der Waals surface area (Å²) < 4.78 is 0. The molecule has 0 bridgehead atoms. The number of fused-ring (bicyclic) bond motifs is 1. The number of aromatic amines is 1. The van der Waals surface area contributed by atoms with Gasteiger partial charge in [-0.05, 0) is 37.9 Å². The first-order chi connectivity index (χ1) is 14.4. The molecule has 0 spiro atoms. The number of piperidine rings is 1. The van der Waals surface area contributed by atoms with E-state index in [1.807, 2.05) is 24.3 Å². The summed E-state index contributed by atoms with van der Waals surface area (Å²) in [7, 11) is 0. The van der Waals surface area contributed by atoms with Crippen LogP contribution in [0.4, 0.5) is 0 Å². The van der Waals surface area contributed by atoms with E-state index in [9.17, 15) is 24.6 Å². The van der Waals surface area contributed by atoms with E-state index in [0.29, 0.717) is 6.42 Å². The van der Waals surface area contributed by atoms with Crippen molar-refractivity contribution >= 4 is 28.7 Å². The van der Waals surface area contributed by atoms with Crippen molar-refractivity contribution in [1.29, 1.82) is 0 Å². The molecule has 1 aliphatic rings. The van der Waals surface area contributed by atoms with E-state index >= 15 is 0 Å². The normalized spacial score (nSPS) is 19.6. The third-order valence-corrected chi connectivity index (χ3v) is 5.40. The molecular formula is C21H28N4O5. The Bertz CT molecular complexity index is 904. The van der Waals surface area contributed by atoms with Crippen molar-refractivity contribution in [2.45, 2.75) is 56.8 Å². The standard InChI is InChI=1S/C21H28N4O5/c1-12(26)18(21(29)30)25-20(28)17(24-19(27)16-8-4-5-9-22-16)10-13-11-23-15-7-3-2-6-14(13)15/h2-3,6-7,11-12,16-18,22-23,26H,4-5,8-10H2,1H3,(H,24,27)(H,25,28)(H,29,30)/t12-,16+,17+,18+/m1/s1. The Kier molecular flexibility index (Phi) is 7.07. The van der Waals surface area contributed by atoms with Crippen molar-refractivity contribution in [3.63, 3.8) is 0 Å². The molecule has 0 radical (unpaired) electrons. The van der Waals surface area contributed by atoms with Gasteiger partial charge in [0.25, 0.3) is 0 Å². The van der Waals surface area contributed by atoms with Crippen LogP contribution in [-0.4, -0.2) is 63.8 Å². The predicted octanol–water partition coefficient (Wildman–Crippen LogP) is 0.287. The maximum absolute atomic E-state index is 12.9. The number of aliphatic hydroxyl groups is 1. The molecule has 162 valence electrons. The molecule has 9 heteroatoms. The lowest BCUT2D eigenvalue weighted by Crippen LogP contribution is -2.58. The third kappa shape index (κ3) is 5.17. The zero-order chi connectivity index (χ0) is 21.7. The van der Waals surface area contributed by atoms with Gasteiger partial charge in [-0.2, -0.15) is 0 Å². The van der Waals surface area contributed by atoms with Gasteiger partial charge in [0, 0.05) is 23.5 Å². The summed E-state index contributed by atoms with van der Waals surface area (Å²) in [6, 6.07) is 4.76. The van der Waals surface area contributed by atoms with Crippen molar-refractivity contribution < 1.29 is 24.6 Å². The SMILES string of the molecule is C[C@@H](O)[C@H](NC(=O)[C@H](Cc1c[nH]c2ccccc12)NC(=O)[C@@H]1CCCCN1)C(=O)O. The highest BCUT2D eigenvalue weighted by Gasteiger charge is 2.31. The Labute approximate surface area is 174 Å². The van der Waals surface area contributed by atoms with E-state index in [2.05, 4.69) is 20.9 Å². The molecule has 1 saturated heterocycles. The van der Waals surface area contributed by atoms with Gasteiger partial charge < -0.3 is 31.1 Å². The summed E-state index contributed by atoms with van der Waals surface area (Å²) in [5.41, 5.74) is 1.73. The van der Waals surface area contributed by atoms with Gasteiger partial charge in [-0.15, -0.1) is 0 Å². The first-order valence-corrected chi connectivity index (χ1v) is 10.2. The minimum Gasteiger partial charge on any atom is -0.480 e. The van der Waals surface area contributed by atoms with Gasteiger partial charge in [-0.1, -0.05) is 24.6 Å². The largest absolute Gasteiger partial charge is 0.480 e. The fourth-order valence-corrected chi connectivity index (χ4v) is 3.72. The molecule has 1 aromatic heterocycles. The number of amides is 2. The first kappa shape index (κ1) is 21.8. The molecule has 2 heterocycles. The Morgan fingerprint density at radius 2 is 1.97 bits per heavy atom. The van der Waals surface area contributed by atoms with E-state index in [1.165, 1.54) is 6.92 Å². The topological polar surface area (TPSA) is 144 Å². The highest BCUT2D eigenvalue weighted by molar-refractivity contribution is 5.93. The molecule has 0 unspecified atom stereocenters. The number of hydrogen-bond acceptors (Lipinski definition) is 5. The lowest BCUT2D eigenvalue weighted by atomic mass is 10.0. The van der Waals surface area contributed by atoms with E-state index in [1.54, 1.807) is 6.20 Å². The van der Waals surface area contributed by atoms with Crippen LogP contribution in [0.1, 0.15) is 31.7 Å². The van der Waals surface area contributed by atoms with Gasteiger partial charge in [-0.3, -0.25) is 9.59 Å². The predicted molar refractivity (Wildman–Crippen MR) is 111 cm³/mol. The molecule has 3 rings (SSSR count). The molecule has 0 saturated carbocycles. The smallest absolute Gasteiger partial charge is 0.328 e. The number of para-hydroxylation sites is 1. The number of aliphatic carboxylic acids is 1. The number of carbonyl (C=O) groups excluding carboxylic acids is 2. The number of benzene rings is 1. The maximum Gasteiger partial charge on any atom is 0.328 e. The van der Waals surface area contributed by atoms with Crippen LogP contribution in [0.15, 0.2) is 30.5 Å². The zero-order valence-corrected chi connectivity index (χ0v) is 16.9. The molecular weight excluding hydrogens is 388 g/mol. The number of carboxylic acids is 1. The van der Waals surface area contributed by atoms with Gasteiger partial charge in [-0.25, -0.2) is 4.79 Å². The Morgan fingerprint density at radius 3 is 2.63 bits per heavy atom. The molecule has 30 heavy (non-hydrogen) atoms. The Balaban J connectivity index is 1.80. The summed E-state index contributed by atoms with van der Waals surface area (Å²) in [6.07, 6.45) is 3.28. The number of nitrogens with one attached hydrogen (secondary N) is 4. The van der Waals surface area contributed by atoms with Gasteiger partial charge in [0.2, 0.25) is 11.8 Å². The summed E-state index contributed by atoms with van der Waals surface area (Å²) in [5.74, 6) is -2.29. The summed E-state index contributed by atoms with van der Waals surface area (Å²) >= 11 is 0. The van der Waals surface area contributed by atoms with E-state index < -0.39 is 30.1 Å². The van der Waals surface area contributed by atoms with Crippen LogP contribution in [-0.2, 0) is 20.8 Å². The van der Waals surface area contributed by atoms with Crippen molar-refractivity contribution in [1.82, 2.24) is 20.9 Å². The van der Waals surface area contributed by atoms with Crippen LogP contribution in [0.25, 0.3) is 10.9 Å². The van der Waals surface area contributed by atoms with E-state index in [0.717, 1.165) is 35.9 Å². The van der Waals surface area contributed by atoms with Crippen molar-refractivity contribution in [2.75, 3.05) is 6.54 Å². The number of H-pyrrole nitrogens is 1. The molecule has 2 aromatic rings. The van der Waals surface area contributed by atoms with Gasteiger partial charge in [0.05, 0.1) is 12.1 Å². The van der Waals surface area contributed by atoms with Gasteiger partial charge in [0.15, 0.2) is 6.04 Å². The molecule has 6 N–H and O–H groups in total. The number of rotatable bonds is 8. The monoisotopic (exact) mass is 416 g/mol. The van der Waals surface area contributed by atoms with Gasteiger partial charge in [0.1, 0.15) is 6.04 Å². The lowest BCUT2D eigenvalue weighted by molar-refractivity contribution is -0.145. The van der Waals surface area contributed by atoms with Crippen LogP contribution < -0.4 is 16.0 Å². The maximum atomic E-state index is 12.9. The van der Waals surface area contributed by atoms with Crippen LogP contribution in [0.2, 0.25) is 0 Å². The molecule has 1 aromatic carbocycles. The van der Waals surface area contributed by atoms with E-state index in [-0.39, 0.29) is 18.4 Å². The highest BCUT2D eigenvalue weighted by atomic mass is 16.4. The average molecular weight is 416 g/mol. The number of hydrogen-bond donors (Lipinski definition) is 6. The quantitative estimate of drug-likeness (QED) is 0.365. The highest BCUT2D eigenvalue weighted by Crippen LogP contribution is 2.19. The Morgan fingerprint density at radius 1 is 1.20 bits per heavy atom. The minimum atomic E-state index is -1.47. The van der Waals surface area contributed by atoms with Gasteiger partial charge >= 0.3 is 5.97 Å². The number of carboxylic acid groups (broad SMARTS) is 1. The molecule has 1 aliphatic heterocycles. The second-order valence-corrected chi connectivity index (χ2v) is 7.69. The summed E-state index contributed by atoms with van der Waals surface area (Å²) in [5, 5.41) is 28.2. The van der Waals surface area contributed by atoms with E-state index in [4.69, 9.17) is 0 Å². The second kappa shape index (κ2) is 9.73. The average Bonchev–Trinajstić information content (AvgIpc) is 3.14. The van der Waals surface area contributed by atoms with Crippen molar-refractivity contribution in [3.05, 3.63) is 36.0 Å². The number of aliphatic hydroxyl groups excluding tert-OH is 1. The fourth-order valence-electron chi connectivity index (χ4n) is 3.72. The molecule has 2 amide bonds. The van der Waals surface area contributed by atoms with Crippen LogP contribution in [0.5, 0.6) is 0 Å². The lowest BCUT2D eigenvalue weighted by Gasteiger charge is -2.27. The number of aromatic nitrogens is 1. The zero-order valence-electron chi connectivity index (χ0n) is 16.9.